The Balaban J connectivity index is 1.76. The van der Waals surface area contributed by atoms with Crippen LogP contribution in [-0.2, 0) is 0 Å². The number of rotatable bonds is 2. The van der Waals surface area contributed by atoms with E-state index in [2.05, 4.69) is 22.1 Å². The molecule has 0 aliphatic heterocycles. The van der Waals surface area contributed by atoms with Gasteiger partial charge in [0.05, 0.1) is 0 Å². The van der Waals surface area contributed by atoms with E-state index in [1.807, 2.05) is 54.6 Å². The maximum absolute atomic E-state index is 12.1. The highest BCUT2D eigenvalue weighted by molar-refractivity contribution is 6.04. The molecule has 23 heavy (non-hydrogen) atoms. The van der Waals surface area contributed by atoms with Crippen LogP contribution < -0.4 is 5.32 Å². The summed E-state index contributed by atoms with van der Waals surface area (Å²) in [5, 5.41) is 2.86. The zero-order valence-corrected chi connectivity index (χ0v) is 12.4. The van der Waals surface area contributed by atoms with Crippen LogP contribution >= 0.6 is 0 Å². The van der Waals surface area contributed by atoms with Crippen LogP contribution in [0.25, 0.3) is 0 Å². The lowest BCUT2D eigenvalue weighted by atomic mass is 10.1. The van der Waals surface area contributed by atoms with Gasteiger partial charge in [-0.1, -0.05) is 36.1 Å². The number of aromatic nitrogens is 1. The lowest BCUT2D eigenvalue weighted by Gasteiger charge is -2.05. The number of hydrogen-bond acceptors (Lipinski definition) is 2. The van der Waals surface area contributed by atoms with Gasteiger partial charge in [0.1, 0.15) is 0 Å². The maximum atomic E-state index is 12.1. The second kappa shape index (κ2) is 7.06. The van der Waals surface area contributed by atoms with Crippen molar-refractivity contribution in [2.24, 2.45) is 0 Å². The molecule has 0 fully saturated rings. The highest BCUT2D eigenvalue weighted by Gasteiger charge is 2.05. The molecule has 0 radical (unpaired) electrons. The number of carbonyl (C=O) groups excluding carboxylic acids is 1. The van der Waals surface area contributed by atoms with Crippen molar-refractivity contribution >= 4 is 11.6 Å². The first kappa shape index (κ1) is 14.6. The SMILES string of the molecule is O=C(Nc1cccc(C#Cc2ccccc2)c1)c1ccncc1. The van der Waals surface area contributed by atoms with E-state index in [9.17, 15) is 4.79 Å². The summed E-state index contributed by atoms with van der Waals surface area (Å²) >= 11 is 0. The van der Waals surface area contributed by atoms with Crippen molar-refractivity contribution in [1.29, 1.82) is 0 Å². The van der Waals surface area contributed by atoms with Gasteiger partial charge in [0.25, 0.3) is 5.91 Å². The second-order valence-corrected chi connectivity index (χ2v) is 4.89. The number of benzene rings is 2. The minimum Gasteiger partial charge on any atom is -0.322 e. The normalized spacial score (nSPS) is 9.57. The Hall–Kier alpha value is -3.38. The van der Waals surface area contributed by atoms with E-state index in [4.69, 9.17) is 0 Å². The minimum atomic E-state index is -0.166. The number of anilines is 1. The predicted molar refractivity (Wildman–Crippen MR) is 91.1 cm³/mol. The highest BCUT2D eigenvalue weighted by Crippen LogP contribution is 2.11. The molecule has 110 valence electrons. The van der Waals surface area contributed by atoms with Crippen molar-refractivity contribution in [2.75, 3.05) is 5.32 Å². The molecule has 3 aromatic rings. The van der Waals surface area contributed by atoms with Crippen LogP contribution in [0.2, 0.25) is 0 Å². The number of nitrogens with one attached hydrogen (secondary N) is 1. The summed E-state index contributed by atoms with van der Waals surface area (Å²) in [6, 6.07) is 20.6. The smallest absolute Gasteiger partial charge is 0.255 e. The fourth-order valence-electron chi connectivity index (χ4n) is 2.05. The van der Waals surface area contributed by atoms with Gasteiger partial charge >= 0.3 is 0 Å². The number of amides is 1. The largest absolute Gasteiger partial charge is 0.322 e. The van der Waals surface area contributed by atoms with Crippen molar-refractivity contribution in [1.82, 2.24) is 4.98 Å². The third kappa shape index (κ3) is 4.05. The molecule has 0 aliphatic rings. The van der Waals surface area contributed by atoms with E-state index in [1.54, 1.807) is 24.5 Å². The third-order valence-electron chi connectivity index (χ3n) is 3.19. The molecule has 3 heteroatoms. The van der Waals surface area contributed by atoms with Crippen LogP contribution in [0, 0.1) is 11.8 Å². The molecule has 1 heterocycles. The van der Waals surface area contributed by atoms with E-state index >= 15 is 0 Å². The van der Waals surface area contributed by atoms with Crippen LogP contribution in [0.1, 0.15) is 21.5 Å². The molecule has 0 saturated carbocycles. The van der Waals surface area contributed by atoms with Crippen LogP contribution in [0.3, 0.4) is 0 Å². The molecule has 2 aromatic carbocycles. The van der Waals surface area contributed by atoms with Gasteiger partial charge in [-0.05, 0) is 42.5 Å². The standard InChI is InChI=1S/C20H14N2O/c23-20(18-11-13-21-14-12-18)22-19-8-4-7-17(15-19)10-9-16-5-2-1-3-6-16/h1-8,11-15H,(H,22,23). The third-order valence-corrected chi connectivity index (χ3v) is 3.19. The Morgan fingerprint density at radius 1 is 0.826 bits per heavy atom. The first-order chi connectivity index (χ1) is 11.3. The van der Waals surface area contributed by atoms with Crippen LogP contribution in [-0.4, -0.2) is 10.9 Å². The number of pyridine rings is 1. The first-order valence-electron chi connectivity index (χ1n) is 7.20. The lowest BCUT2D eigenvalue weighted by molar-refractivity contribution is 0.102. The molecule has 3 nitrogen and oxygen atoms in total. The number of hydrogen-bond donors (Lipinski definition) is 1. The summed E-state index contributed by atoms with van der Waals surface area (Å²) in [6.45, 7) is 0. The molecule has 0 saturated heterocycles. The highest BCUT2D eigenvalue weighted by atomic mass is 16.1. The van der Waals surface area contributed by atoms with Crippen molar-refractivity contribution in [3.05, 3.63) is 95.8 Å². The van der Waals surface area contributed by atoms with Gasteiger partial charge in [0, 0.05) is 34.8 Å². The molecular weight excluding hydrogens is 284 g/mol. The Morgan fingerprint density at radius 3 is 2.30 bits per heavy atom. The summed E-state index contributed by atoms with van der Waals surface area (Å²) < 4.78 is 0. The van der Waals surface area contributed by atoms with Crippen molar-refractivity contribution < 1.29 is 4.79 Å². The number of carbonyl (C=O) groups is 1. The maximum Gasteiger partial charge on any atom is 0.255 e. The van der Waals surface area contributed by atoms with Gasteiger partial charge in [0.15, 0.2) is 0 Å². The van der Waals surface area contributed by atoms with Crippen LogP contribution in [0.5, 0.6) is 0 Å². The first-order valence-corrected chi connectivity index (χ1v) is 7.20. The topological polar surface area (TPSA) is 42.0 Å². The van der Waals surface area contributed by atoms with Gasteiger partial charge in [-0.2, -0.15) is 0 Å². The molecular formula is C20H14N2O. The summed E-state index contributed by atoms with van der Waals surface area (Å²) in [4.78, 5) is 16.0. The van der Waals surface area contributed by atoms with E-state index in [0.29, 0.717) is 11.3 Å². The average Bonchev–Trinajstić information content (AvgIpc) is 2.62. The van der Waals surface area contributed by atoms with E-state index in [0.717, 1.165) is 11.1 Å². The molecule has 1 aromatic heterocycles. The van der Waals surface area contributed by atoms with E-state index in [1.165, 1.54) is 0 Å². The molecule has 0 aliphatic carbocycles. The lowest BCUT2D eigenvalue weighted by Crippen LogP contribution is -2.11. The van der Waals surface area contributed by atoms with Crippen molar-refractivity contribution in [3.63, 3.8) is 0 Å². The molecule has 1 amide bonds. The molecule has 0 bridgehead atoms. The molecule has 0 spiro atoms. The van der Waals surface area contributed by atoms with E-state index in [-0.39, 0.29) is 5.91 Å². The fraction of sp³-hybridized carbons (Fsp3) is 0. The molecule has 0 unspecified atom stereocenters. The zero-order chi connectivity index (χ0) is 15.9. The summed E-state index contributed by atoms with van der Waals surface area (Å²) in [7, 11) is 0. The van der Waals surface area contributed by atoms with Crippen molar-refractivity contribution in [3.8, 4) is 11.8 Å². The monoisotopic (exact) mass is 298 g/mol. The zero-order valence-electron chi connectivity index (χ0n) is 12.4. The Bertz CT molecular complexity index is 862. The van der Waals surface area contributed by atoms with Gasteiger partial charge in [-0.15, -0.1) is 0 Å². The van der Waals surface area contributed by atoms with E-state index < -0.39 is 0 Å². The van der Waals surface area contributed by atoms with Gasteiger partial charge in [-0.25, -0.2) is 0 Å². The fourth-order valence-corrected chi connectivity index (χ4v) is 2.05. The summed E-state index contributed by atoms with van der Waals surface area (Å²) in [5.74, 6) is 6.04. The Kier molecular flexibility index (Phi) is 4.47. The van der Waals surface area contributed by atoms with Gasteiger partial charge in [-0.3, -0.25) is 9.78 Å². The minimum absolute atomic E-state index is 0.166. The van der Waals surface area contributed by atoms with Gasteiger partial charge in [0.2, 0.25) is 0 Å². The molecule has 0 atom stereocenters. The quantitative estimate of drug-likeness (QED) is 0.732. The molecule has 3 rings (SSSR count). The number of nitrogens with zero attached hydrogens (tertiary/aromatic N) is 1. The average molecular weight is 298 g/mol. The predicted octanol–water partition coefficient (Wildman–Crippen LogP) is 3.73. The van der Waals surface area contributed by atoms with Crippen LogP contribution in [0.4, 0.5) is 5.69 Å². The van der Waals surface area contributed by atoms with Gasteiger partial charge < -0.3 is 5.32 Å². The summed E-state index contributed by atoms with van der Waals surface area (Å²) in [5.41, 5.74) is 3.09. The molecule has 1 N–H and O–H groups in total. The Labute approximate surface area is 135 Å². The Morgan fingerprint density at radius 2 is 1.52 bits per heavy atom. The van der Waals surface area contributed by atoms with Crippen molar-refractivity contribution in [2.45, 2.75) is 0 Å². The summed E-state index contributed by atoms with van der Waals surface area (Å²) in [6.07, 6.45) is 3.19. The van der Waals surface area contributed by atoms with Crippen LogP contribution in [0.15, 0.2) is 79.1 Å². The second-order valence-electron chi connectivity index (χ2n) is 4.89.